The number of hydrogen-bond donors (Lipinski definition) is 2. The van der Waals surface area contributed by atoms with Crippen molar-refractivity contribution in [3.8, 4) is 17.6 Å². The van der Waals surface area contributed by atoms with Gasteiger partial charge in [-0.1, -0.05) is 11.8 Å². The molecule has 0 spiro atoms. The highest BCUT2D eigenvalue weighted by atomic mass is 19.1. The lowest BCUT2D eigenvalue weighted by Gasteiger charge is -2.19. The lowest BCUT2D eigenvalue weighted by atomic mass is 10.1. The van der Waals surface area contributed by atoms with Crippen LogP contribution < -0.4 is 10.1 Å². The Morgan fingerprint density at radius 2 is 1.87 bits per heavy atom. The van der Waals surface area contributed by atoms with Gasteiger partial charge in [-0.3, -0.25) is 15.4 Å². The first-order chi connectivity index (χ1) is 14.0. The Hall–Kier alpha value is -3.64. The summed E-state index contributed by atoms with van der Waals surface area (Å²) >= 11 is 0. The zero-order valence-corrected chi connectivity index (χ0v) is 16.7. The van der Waals surface area contributed by atoms with Gasteiger partial charge in [-0.05, 0) is 45.0 Å². The summed E-state index contributed by atoms with van der Waals surface area (Å²) in [5.41, 5.74) is -0.419. The van der Waals surface area contributed by atoms with Crippen LogP contribution in [0, 0.1) is 27.8 Å². The molecule has 158 valence electrons. The fourth-order valence-electron chi connectivity index (χ4n) is 2.32. The highest BCUT2D eigenvalue weighted by Crippen LogP contribution is 2.32. The molecular weight excluding hydrogens is 395 g/mol. The van der Waals surface area contributed by atoms with E-state index in [4.69, 9.17) is 14.6 Å². The van der Waals surface area contributed by atoms with E-state index >= 15 is 0 Å². The number of nitrogens with one attached hydrogen (secondary N) is 1. The first-order valence-corrected chi connectivity index (χ1v) is 8.92. The second-order valence-corrected chi connectivity index (χ2v) is 7.12. The summed E-state index contributed by atoms with van der Waals surface area (Å²) < 4.78 is 24.3. The molecule has 0 heterocycles. The number of amides is 1. The molecule has 2 N–H and O–H groups in total. The van der Waals surface area contributed by atoms with Gasteiger partial charge in [-0.2, -0.15) is 0 Å². The summed E-state index contributed by atoms with van der Waals surface area (Å²) in [7, 11) is 0. The molecule has 2 aromatic rings. The maximum Gasteiger partial charge on any atom is 0.409 e. The molecule has 30 heavy (non-hydrogen) atoms. The van der Waals surface area contributed by atoms with Crippen molar-refractivity contribution in [2.24, 2.45) is 0 Å². The number of rotatable bonds is 6. The zero-order valence-electron chi connectivity index (χ0n) is 16.7. The Bertz CT molecular complexity index is 988. The molecule has 0 bridgehead atoms. The Morgan fingerprint density at radius 1 is 1.20 bits per heavy atom. The maximum absolute atomic E-state index is 13.1. The minimum absolute atomic E-state index is 0.118. The molecule has 0 saturated heterocycles. The predicted octanol–water partition coefficient (Wildman–Crippen LogP) is 4.42. The van der Waals surface area contributed by atoms with Gasteiger partial charge in [-0.15, -0.1) is 0 Å². The van der Waals surface area contributed by atoms with Crippen molar-refractivity contribution in [1.82, 2.24) is 0 Å². The van der Waals surface area contributed by atoms with Crippen LogP contribution in [0.25, 0.3) is 0 Å². The summed E-state index contributed by atoms with van der Waals surface area (Å²) in [4.78, 5) is 21.6. The van der Waals surface area contributed by atoms with E-state index in [-0.39, 0.29) is 35.8 Å². The van der Waals surface area contributed by atoms with E-state index in [9.17, 15) is 19.3 Å². The third-order valence-electron chi connectivity index (χ3n) is 3.60. The van der Waals surface area contributed by atoms with E-state index < -0.39 is 22.5 Å². The number of carbonyl (C=O) groups is 1. The number of nitro groups is 1. The number of carboxylic acid groups (broad SMARTS) is 1. The first-order valence-electron chi connectivity index (χ1n) is 8.92. The van der Waals surface area contributed by atoms with Gasteiger partial charge in [0, 0.05) is 17.7 Å². The van der Waals surface area contributed by atoms with Crippen molar-refractivity contribution in [3.63, 3.8) is 0 Å². The molecule has 0 saturated carbocycles. The van der Waals surface area contributed by atoms with Crippen LogP contribution in [0.5, 0.6) is 5.75 Å². The Kier molecular flexibility index (Phi) is 7.33. The fourth-order valence-corrected chi connectivity index (χ4v) is 2.32. The van der Waals surface area contributed by atoms with Crippen LogP contribution in [-0.2, 0) is 4.74 Å². The van der Waals surface area contributed by atoms with E-state index in [0.29, 0.717) is 5.56 Å². The van der Waals surface area contributed by atoms with Crippen LogP contribution in [0.3, 0.4) is 0 Å². The van der Waals surface area contributed by atoms with E-state index in [1.54, 1.807) is 0 Å². The highest BCUT2D eigenvalue weighted by Gasteiger charge is 2.20. The average Bonchev–Trinajstić information content (AvgIpc) is 2.64. The minimum atomic E-state index is -1.45. The van der Waals surface area contributed by atoms with Crippen LogP contribution in [0.15, 0.2) is 36.4 Å². The fraction of sp³-hybridized carbons (Fsp3) is 0.286. The lowest BCUT2D eigenvalue weighted by molar-refractivity contribution is -0.384. The SMILES string of the molecule is CC(C)(C)OCCOc1cc(NC(=O)O)c([N+](=O)[O-])cc1C#Cc1ccc(F)cc1. The maximum atomic E-state index is 13.1. The smallest absolute Gasteiger partial charge is 0.409 e. The molecule has 9 heteroatoms. The van der Waals surface area contributed by atoms with Gasteiger partial charge in [0.2, 0.25) is 0 Å². The molecule has 2 rings (SSSR count). The predicted molar refractivity (Wildman–Crippen MR) is 108 cm³/mol. The summed E-state index contributed by atoms with van der Waals surface area (Å²) in [6, 6.07) is 7.75. The van der Waals surface area contributed by atoms with Gasteiger partial charge < -0.3 is 14.6 Å². The van der Waals surface area contributed by atoms with Crippen LogP contribution in [0.1, 0.15) is 31.9 Å². The number of hydrogen-bond acceptors (Lipinski definition) is 5. The third kappa shape index (κ3) is 7.07. The molecule has 2 aromatic carbocycles. The van der Waals surface area contributed by atoms with Gasteiger partial charge in [-0.25, -0.2) is 9.18 Å². The molecule has 8 nitrogen and oxygen atoms in total. The van der Waals surface area contributed by atoms with Crippen molar-refractivity contribution in [2.75, 3.05) is 18.5 Å². The Morgan fingerprint density at radius 3 is 2.43 bits per heavy atom. The average molecular weight is 416 g/mol. The molecule has 0 aromatic heterocycles. The molecule has 0 unspecified atom stereocenters. The Labute approximate surface area is 172 Å². The normalized spacial score (nSPS) is 10.7. The minimum Gasteiger partial charge on any atom is -0.490 e. The van der Waals surface area contributed by atoms with E-state index in [1.807, 2.05) is 26.1 Å². The van der Waals surface area contributed by atoms with Gasteiger partial charge in [0.05, 0.1) is 22.7 Å². The molecule has 1 amide bonds. The first kappa shape index (κ1) is 22.6. The van der Waals surface area contributed by atoms with E-state index in [2.05, 4.69) is 11.8 Å². The quantitative estimate of drug-likeness (QED) is 0.312. The molecule has 0 aliphatic rings. The van der Waals surface area contributed by atoms with E-state index in [0.717, 1.165) is 6.07 Å². The van der Waals surface area contributed by atoms with Crippen LogP contribution >= 0.6 is 0 Å². The topological polar surface area (TPSA) is 111 Å². The highest BCUT2D eigenvalue weighted by molar-refractivity contribution is 5.87. The summed E-state index contributed by atoms with van der Waals surface area (Å²) in [5, 5.41) is 22.3. The van der Waals surface area contributed by atoms with Crippen molar-refractivity contribution in [1.29, 1.82) is 0 Å². The molecule has 0 radical (unpaired) electrons. The van der Waals surface area contributed by atoms with Crippen LogP contribution in [-0.4, -0.2) is 34.9 Å². The van der Waals surface area contributed by atoms with Gasteiger partial charge in [0.25, 0.3) is 5.69 Å². The van der Waals surface area contributed by atoms with Crippen molar-refractivity contribution < 1.29 is 28.7 Å². The monoisotopic (exact) mass is 416 g/mol. The van der Waals surface area contributed by atoms with Gasteiger partial charge in [0.15, 0.2) is 0 Å². The molecular formula is C21H21FN2O6. The second kappa shape index (κ2) is 9.71. The van der Waals surface area contributed by atoms with Crippen molar-refractivity contribution in [2.45, 2.75) is 26.4 Å². The molecule has 0 fully saturated rings. The second-order valence-electron chi connectivity index (χ2n) is 7.12. The van der Waals surface area contributed by atoms with Crippen molar-refractivity contribution >= 4 is 17.5 Å². The van der Waals surface area contributed by atoms with Crippen LogP contribution in [0.4, 0.5) is 20.6 Å². The number of ether oxygens (including phenoxy) is 2. The van der Waals surface area contributed by atoms with E-state index in [1.165, 1.54) is 30.3 Å². The summed E-state index contributed by atoms with van der Waals surface area (Å²) in [5.74, 6) is 5.28. The third-order valence-corrected chi connectivity index (χ3v) is 3.60. The number of nitro benzene ring substituents is 1. The summed E-state index contributed by atoms with van der Waals surface area (Å²) in [6.45, 7) is 6.01. The van der Waals surface area contributed by atoms with Gasteiger partial charge >= 0.3 is 6.09 Å². The summed E-state index contributed by atoms with van der Waals surface area (Å²) in [6.07, 6.45) is -1.45. The number of anilines is 1. The van der Waals surface area contributed by atoms with Crippen molar-refractivity contribution in [3.05, 3.63) is 63.5 Å². The molecule has 0 aliphatic carbocycles. The molecule has 0 aliphatic heterocycles. The molecule has 0 atom stereocenters. The van der Waals surface area contributed by atoms with Gasteiger partial charge in [0.1, 0.15) is 23.9 Å². The standard InChI is InChI=1S/C21H21FN2O6/c1-21(2,3)30-11-10-29-19-13-17(23-20(25)26)18(24(27)28)12-15(19)7-4-14-5-8-16(22)9-6-14/h5-6,8-9,12-13,23H,10-11H2,1-3H3,(H,25,26). The number of benzene rings is 2. The zero-order chi connectivity index (χ0) is 22.3. The number of halogens is 1. The largest absolute Gasteiger partial charge is 0.490 e. The Balaban J connectivity index is 2.40. The number of nitrogens with zero attached hydrogens (tertiary/aromatic N) is 1. The lowest BCUT2D eigenvalue weighted by Crippen LogP contribution is -2.22. The van der Waals surface area contributed by atoms with Crippen LogP contribution in [0.2, 0.25) is 0 Å².